The average molecular weight is 472 g/mol. The van der Waals surface area contributed by atoms with Crippen molar-refractivity contribution in [3.63, 3.8) is 0 Å². The molecule has 0 bridgehead atoms. The van der Waals surface area contributed by atoms with E-state index in [2.05, 4.69) is 22.2 Å². The maximum Gasteiger partial charge on any atom is 0.204 e. The van der Waals surface area contributed by atoms with Gasteiger partial charge in [-0.15, -0.1) is 0 Å². The smallest absolute Gasteiger partial charge is 0.204 e. The second-order valence-electron chi connectivity index (χ2n) is 8.55. The Morgan fingerprint density at radius 3 is 1.47 bits per heavy atom. The molecule has 4 aromatic carbocycles. The Balaban J connectivity index is 1.18. The van der Waals surface area contributed by atoms with E-state index in [1.807, 2.05) is 109 Å². The van der Waals surface area contributed by atoms with Crippen LogP contribution in [0.3, 0.4) is 0 Å². The summed E-state index contributed by atoms with van der Waals surface area (Å²) in [6, 6.07) is 31.5. The van der Waals surface area contributed by atoms with Gasteiger partial charge in [-0.1, -0.05) is 17.7 Å². The molecule has 0 spiro atoms. The van der Waals surface area contributed by atoms with Crippen molar-refractivity contribution in [1.29, 1.82) is 0 Å². The van der Waals surface area contributed by atoms with Crippen molar-refractivity contribution in [3.05, 3.63) is 127 Å². The van der Waals surface area contributed by atoms with Crippen molar-refractivity contribution in [2.45, 2.75) is 6.92 Å². The molecule has 0 saturated heterocycles. The number of aryl methyl sites for hydroxylation is 1. The first-order valence-electron chi connectivity index (χ1n) is 11.8. The van der Waals surface area contributed by atoms with E-state index in [0.717, 1.165) is 45.7 Å². The monoisotopic (exact) mass is 471 g/mol. The van der Waals surface area contributed by atoms with Gasteiger partial charge >= 0.3 is 0 Å². The molecule has 0 atom stereocenters. The van der Waals surface area contributed by atoms with Crippen molar-refractivity contribution in [1.82, 2.24) is 5.73 Å². The fraction of sp³-hybridized carbons (Fsp3) is 0.0323. The van der Waals surface area contributed by atoms with Crippen molar-refractivity contribution in [3.8, 4) is 11.5 Å². The third kappa shape index (κ3) is 6.15. The molecule has 4 aromatic rings. The van der Waals surface area contributed by atoms with Gasteiger partial charge in [-0.05, 0) is 67.6 Å². The van der Waals surface area contributed by atoms with Crippen LogP contribution < -0.4 is 25.8 Å². The minimum absolute atomic E-state index is 0.503. The molecule has 175 valence electrons. The lowest BCUT2D eigenvalue weighted by molar-refractivity contribution is -0.353. The Bertz CT molecular complexity index is 1430. The second-order valence-corrected chi connectivity index (χ2v) is 8.55. The predicted octanol–water partition coefficient (Wildman–Crippen LogP) is 4.58. The van der Waals surface area contributed by atoms with Gasteiger partial charge in [0.15, 0.2) is 0 Å². The molecule has 1 radical (unpaired) electrons. The van der Waals surface area contributed by atoms with Gasteiger partial charge in [-0.25, -0.2) is 9.98 Å². The quantitative estimate of drug-likeness (QED) is 0.360. The third-order valence-electron chi connectivity index (χ3n) is 5.63. The number of hydrogen-bond acceptors (Lipinski definition) is 2. The molecule has 0 heterocycles. The van der Waals surface area contributed by atoms with E-state index in [9.17, 15) is 0 Å². The molecule has 36 heavy (non-hydrogen) atoms. The topological polar surface area (TPSA) is 73.0 Å². The average Bonchev–Trinajstić information content (AvgIpc) is 2.90. The van der Waals surface area contributed by atoms with E-state index in [0.29, 0.717) is 5.69 Å². The number of nitrogens with one attached hydrogen (secondary N) is 4. The molecular formula is C31H27N4O+2. The molecular weight excluding hydrogens is 444 g/mol. The van der Waals surface area contributed by atoms with E-state index < -0.39 is 0 Å². The zero-order valence-corrected chi connectivity index (χ0v) is 20.0. The summed E-state index contributed by atoms with van der Waals surface area (Å²) in [4.78, 5) is 6.77. The lowest BCUT2D eigenvalue weighted by atomic mass is 10.1. The van der Waals surface area contributed by atoms with Crippen molar-refractivity contribution < 1.29 is 14.7 Å². The number of benzene rings is 4. The van der Waals surface area contributed by atoms with Gasteiger partial charge in [0.1, 0.15) is 11.5 Å². The zero-order valence-electron chi connectivity index (χ0n) is 20.0. The van der Waals surface area contributed by atoms with Gasteiger partial charge < -0.3 is 15.8 Å². The predicted molar refractivity (Wildman–Crippen MR) is 146 cm³/mol. The minimum Gasteiger partial charge on any atom is -0.457 e. The standard InChI is InChI=1S/C31H25N4O/c1-22-2-18-30(19-3-22)36-31-20-16-29(17-21-31)35-28-14-12-27(13-15-28)34-26-10-8-25(9-11-26)33-24-6-4-23(32)5-7-24/h2-21,32,35H,1H3/p+2. The first kappa shape index (κ1) is 22.9. The van der Waals surface area contributed by atoms with Crippen LogP contribution in [-0.2, 0) is 0 Å². The second kappa shape index (κ2) is 10.6. The maximum absolute atomic E-state index is 7.58. The van der Waals surface area contributed by atoms with Gasteiger partial charge in [-0.2, -0.15) is 0 Å². The van der Waals surface area contributed by atoms with E-state index >= 15 is 0 Å². The van der Waals surface area contributed by atoms with E-state index in [1.165, 1.54) is 5.56 Å². The summed E-state index contributed by atoms with van der Waals surface area (Å²) >= 11 is 0. The van der Waals surface area contributed by atoms with Gasteiger partial charge in [0.25, 0.3) is 0 Å². The third-order valence-corrected chi connectivity index (χ3v) is 5.63. The Kier molecular flexibility index (Phi) is 6.72. The minimum atomic E-state index is 0.503. The highest BCUT2D eigenvalue weighted by atomic mass is 16.5. The zero-order chi connectivity index (χ0) is 24.7. The molecule has 1 aliphatic rings. The van der Waals surface area contributed by atoms with Crippen LogP contribution in [0.15, 0.2) is 121 Å². The van der Waals surface area contributed by atoms with E-state index in [-0.39, 0.29) is 0 Å². The van der Waals surface area contributed by atoms with Crippen LogP contribution in [0, 0.1) is 6.92 Å². The van der Waals surface area contributed by atoms with Crippen LogP contribution in [-0.4, -0.2) is 11.4 Å². The van der Waals surface area contributed by atoms with Crippen LogP contribution in [0.4, 0.5) is 28.4 Å². The Morgan fingerprint density at radius 2 is 0.972 bits per heavy atom. The molecule has 0 unspecified atom stereocenters. The molecule has 4 N–H and O–H groups in total. The summed E-state index contributed by atoms with van der Waals surface area (Å²) in [5, 5.41) is 3.42. The van der Waals surface area contributed by atoms with Crippen molar-refractivity contribution >= 4 is 39.9 Å². The van der Waals surface area contributed by atoms with E-state index in [4.69, 9.17) is 10.5 Å². The summed E-state index contributed by atoms with van der Waals surface area (Å²) in [6.45, 7) is 2.06. The van der Waals surface area contributed by atoms with Crippen LogP contribution in [0.25, 0.3) is 0 Å². The SMILES string of the molecule is Cc1ccc(Oc2ccc(Nc3ccc([NH+]=C4C=CC(=[NH+]c5ccc([NH])cc5)C=C4)cc3)cc2)cc1. The Morgan fingerprint density at radius 1 is 0.556 bits per heavy atom. The van der Waals surface area contributed by atoms with Gasteiger partial charge in [0.05, 0.1) is 5.69 Å². The van der Waals surface area contributed by atoms with Crippen LogP contribution in [0.5, 0.6) is 11.5 Å². The molecule has 0 amide bonds. The number of allylic oxidation sites excluding steroid dienone is 4. The van der Waals surface area contributed by atoms with Crippen LogP contribution in [0.2, 0.25) is 0 Å². The highest BCUT2D eigenvalue weighted by Gasteiger charge is 2.09. The maximum atomic E-state index is 7.58. The summed E-state index contributed by atoms with van der Waals surface area (Å²) in [7, 11) is 0. The molecule has 5 heteroatoms. The molecule has 5 nitrogen and oxygen atoms in total. The van der Waals surface area contributed by atoms with Crippen molar-refractivity contribution in [2.75, 3.05) is 5.32 Å². The lowest BCUT2D eigenvalue weighted by Crippen LogP contribution is -2.68. The molecule has 1 aliphatic carbocycles. The summed E-state index contributed by atoms with van der Waals surface area (Å²) in [5.41, 5.74) is 15.3. The van der Waals surface area contributed by atoms with E-state index in [1.54, 1.807) is 12.1 Å². The summed E-state index contributed by atoms with van der Waals surface area (Å²) < 4.78 is 5.91. The van der Waals surface area contributed by atoms with Gasteiger partial charge in [0.2, 0.25) is 22.8 Å². The highest BCUT2D eigenvalue weighted by molar-refractivity contribution is 6.14. The first-order valence-corrected chi connectivity index (χ1v) is 11.8. The largest absolute Gasteiger partial charge is 0.457 e. The molecule has 0 aliphatic heterocycles. The highest BCUT2D eigenvalue weighted by Crippen LogP contribution is 2.25. The molecule has 5 rings (SSSR count). The normalized spacial score (nSPS) is 12.4. The van der Waals surface area contributed by atoms with Gasteiger partial charge in [-0.3, -0.25) is 0 Å². The van der Waals surface area contributed by atoms with Gasteiger partial charge in [0, 0.05) is 59.9 Å². The lowest BCUT2D eigenvalue weighted by Gasteiger charge is -2.09. The molecule has 0 aromatic heterocycles. The fourth-order valence-electron chi connectivity index (χ4n) is 3.68. The summed E-state index contributed by atoms with van der Waals surface area (Å²) in [5.74, 6) is 1.63. The number of hydrogen-bond donors (Lipinski definition) is 3. The number of anilines is 2. The molecule has 0 fully saturated rings. The Hall–Kier alpha value is -4.90. The Labute approximate surface area is 211 Å². The van der Waals surface area contributed by atoms with Crippen LogP contribution >= 0.6 is 0 Å². The fourth-order valence-corrected chi connectivity index (χ4v) is 3.68. The first-order chi connectivity index (χ1) is 17.6. The number of ether oxygens (including phenoxy) is 1. The number of rotatable bonds is 6. The molecule has 0 saturated carbocycles. The van der Waals surface area contributed by atoms with Crippen LogP contribution in [0.1, 0.15) is 5.56 Å². The van der Waals surface area contributed by atoms with Crippen molar-refractivity contribution in [2.24, 2.45) is 0 Å². The summed E-state index contributed by atoms with van der Waals surface area (Å²) in [6.07, 6.45) is 8.12.